The molecule has 0 radical (unpaired) electrons. The predicted octanol–water partition coefficient (Wildman–Crippen LogP) is 1.34. The summed E-state index contributed by atoms with van der Waals surface area (Å²) in [6.07, 6.45) is 0. The molecule has 6 heteroatoms. The van der Waals surface area contributed by atoms with Gasteiger partial charge in [-0.1, -0.05) is 0 Å². The number of nitrogen functional groups attached to an aromatic ring is 1. The van der Waals surface area contributed by atoms with Gasteiger partial charge in [0.2, 0.25) is 0 Å². The number of hydrogen-bond acceptors (Lipinski definition) is 4. The third-order valence-corrected chi connectivity index (χ3v) is 3.41. The number of halogens is 1. The summed E-state index contributed by atoms with van der Waals surface area (Å²) >= 11 is 3.31. The van der Waals surface area contributed by atoms with Crippen molar-refractivity contribution in [3.8, 4) is 0 Å². The molecular formula is C13H20BrN3O2. The third kappa shape index (κ3) is 5.59. The van der Waals surface area contributed by atoms with E-state index in [1.807, 2.05) is 7.05 Å². The van der Waals surface area contributed by atoms with E-state index in [-0.39, 0.29) is 5.91 Å². The number of amides is 1. The van der Waals surface area contributed by atoms with Gasteiger partial charge in [0.25, 0.3) is 5.91 Å². The Hall–Kier alpha value is -1.11. The number of carbonyl (C=O) groups excluding carboxylic acids is 1. The minimum absolute atomic E-state index is 0.0964. The molecule has 5 nitrogen and oxygen atoms in total. The van der Waals surface area contributed by atoms with Crippen molar-refractivity contribution in [2.75, 3.05) is 46.1 Å². The van der Waals surface area contributed by atoms with Crippen LogP contribution < -0.4 is 11.1 Å². The molecule has 3 N–H and O–H groups in total. The summed E-state index contributed by atoms with van der Waals surface area (Å²) in [7, 11) is 3.67. The molecule has 0 aliphatic heterocycles. The number of rotatable bonds is 7. The van der Waals surface area contributed by atoms with Crippen LogP contribution in [0.3, 0.4) is 0 Å². The Labute approximate surface area is 122 Å². The van der Waals surface area contributed by atoms with E-state index < -0.39 is 0 Å². The maximum absolute atomic E-state index is 11.9. The Morgan fingerprint density at radius 1 is 1.47 bits per heavy atom. The first-order valence-corrected chi connectivity index (χ1v) is 6.84. The highest BCUT2D eigenvalue weighted by Crippen LogP contribution is 2.20. The van der Waals surface area contributed by atoms with Crippen molar-refractivity contribution >= 4 is 27.5 Å². The number of benzene rings is 1. The molecule has 0 heterocycles. The number of likely N-dealkylation sites (N-methyl/N-ethyl adjacent to an activating group) is 1. The fourth-order valence-corrected chi connectivity index (χ4v) is 1.87. The Bertz CT molecular complexity index is 426. The lowest BCUT2D eigenvalue weighted by atomic mass is 10.2. The molecule has 0 unspecified atom stereocenters. The maximum Gasteiger partial charge on any atom is 0.251 e. The molecule has 0 spiro atoms. The van der Waals surface area contributed by atoms with Crippen molar-refractivity contribution in [3.05, 3.63) is 28.2 Å². The zero-order valence-electron chi connectivity index (χ0n) is 11.3. The fourth-order valence-electron chi connectivity index (χ4n) is 1.49. The van der Waals surface area contributed by atoms with Crippen molar-refractivity contribution in [1.29, 1.82) is 0 Å². The highest BCUT2D eigenvalue weighted by atomic mass is 79.9. The predicted molar refractivity (Wildman–Crippen MR) is 80.3 cm³/mol. The fraction of sp³-hybridized carbons (Fsp3) is 0.462. The zero-order chi connectivity index (χ0) is 14.3. The van der Waals surface area contributed by atoms with Gasteiger partial charge >= 0.3 is 0 Å². The van der Waals surface area contributed by atoms with Gasteiger partial charge in [-0.3, -0.25) is 4.79 Å². The molecule has 0 aliphatic carbocycles. The van der Waals surface area contributed by atoms with Gasteiger partial charge in [-0.2, -0.15) is 0 Å². The number of anilines is 1. The highest BCUT2D eigenvalue weighted by Gasteiger charge is 2.07. The first kappa shape index (κ1) is 15.9. The van der Waals surface area contributed by atoms with Crippen LogP contribution in [0.2, 0.25) is 0 Å². The summed E-state index contributed by atoms with van der Waals surface area (Å²) in [6.45, 7) is 2.92. The van der Waals surface area contributed by atoms with Crippen LogP contribution >= 0.6 is 15.9 Å². The van der Waals surface area contributed by atoms with Crippen molar-refractivity contribution < 1.29 is 9.53 Å². The van der Waals surface area contributed by atoms with Gasteiger partial charge in [-0.05, 0) is 41.2 Å². The molecule has 0 bridgehead atoms. The van der Waals surface area contributed by atoms with Gasteiger partial charge in [-0.25, -0.2) is 0 Å². The molecule has 0 saturated carbocycles. The van der Waals surface area contributed by atoms with Crippen LogP contribution in [0.15, 0.2) is 22.7 Å². The number of nitrogens with two attached hydrogens (primary N) is 1. The van der Waals surface area contributed by atoms with E-state index in [1.54, 1.807) is 25.3 Å². The number of carbonyl (C=O) groups is 1. The largest absolute Gasteiger partial charge is 0.398 e. The first-order chi connectivity index (χ1) is 9.04. The molecule has 1 aromatic carbocycles. The Morgan fingerprint density at radius 3 is 2.84 bits per heavy atom. The first-order valence-electron chi connectivity index (χ1n) is 6.05. The van der Waals surface area contributed by atoms with E-state index in [2.05, 4.69) is 26.1 Å². The summed E-state index contributed by atoms with van der Waals surface area (Å²) in [4.78, 5) is 14.0. The average molecular weight is 330 g/mol. The lowest BCUT2D eigenvalue weighted by Gasteiger charge is -2.16. The lowest BCUT2D eigenvalue weighted by Crippen LogP contribution is -2.34. The van der Waals surface area contributed by atoms with Crippen molar-refractivity contribution in [2.45, 2.75) is 0 Å². The normalized spacial score (nSPS) is 10.7. The minimum atomic E-state index is -0.0964. The molecule has 1 amide bonds. The van der Waals surface area contributed by atoms with E-state index in [4.69, 9.17) is 10.5 Å². The molecule has 19 heavy (non-hydrogen) atoms. The number of nitrogens with zero attached hydrogens (tertiary/aromatic N) is 1. The van der Waals surface area contributed by atoms with Gasteiger partial charge < -0.3 is 20.7 Å². The summed E-state index contributed by atoms with van der Waals surface area (Å²) < 4.78 is 5.72. The van der Waals surface area contributed by atoms with Crippen LogP contribution in [-0.4, -0.2) is 51.2 Å². The molecule has 0 atom stereocenters. The molecule has 0 fully saturated rings. The number of hydrogen-bond donors (Lipinski definition) is 2. The molecule has 0 aromatic heterocycles. The smallest absolute Gasteiger partial charge is 0.251 e. The van der Waals surface area contributed by atoms with E-state index in [9.17, 15) is 4.79 Å². The van der Waals surface area contributed by atoms with Gasteiger partial charge in [0, 0.05) is 42.5 Å². The standard InChI is InChI=1S/C13H20BrN3O2/c1-17(7-8-19-2)6-5-16-13(18)10-3-4-12(15)11(14)9-10/h3-4,9H,5-8,15H2,1-2H3,(H,16,18). The Kier molecular flexibility index (Phi) is 6.83. The molecule has 0 saturated heterocycles. The third-order valence-electron chi connectivity index (χ3n) is 2.72. The van der Waals surface area contributed by atoms with E-state index in [1.165, 1.54) is 0 Å². The van der Waals surface area contributed by atoms with Crippen LogP contribution in [-0.2, 0) is 4.74 Å². The van der Waals surface area contributed by atoms with Crippen LogP contribution in [0.5, 0.6) is 0 Å². The van der Waals surface area contributed by atoms with Crippen molar-refractivity contribution in [3.63, 3.8) is 0 Å². The summed E-state index contributed by atoms with van der Waals surface area (Å²) in [5.74, 6) is -0.0964. The van der Waals surface area contributed by atoms with Crippen LogP contribution in [0.25, 0.3) is 0 Å². The number of methoxy groups -OCH3 is 1. The summed E-state index contributed by atoms with van der Waals surface area (Å²) in [5, 5.41) is 2.87. The molecule has 0 aliphatic rings. The monoisotopic (exact) mass is 329 g/mol. The second kappa shape index (κ2) is 8.14. The highest BCUT2D eigenvalue weighted by molar-refractivity contribution is 9.10. The molecular weight excluding hydrogens is 310 g/mol. The second-order valence-electron chi connectivity index (χ2n) is 4.29. The van der Waals surface area contributed by atoms with E-state index >= 15 is 0 Å². The van der Waals surface area contributed by atoms with Gasteiger partial charge in [0.1, 0.15) is 0 Å². The summed E-state index contributed by atoms with van der Waals surface area (Å²) in [6, 6.07) is 5.15. The van der Waals surface area contributed by atoms with Crippen LogP contribution in [0.1, 0.15) is 10.4 Å². The zero-order valence-corrected chi connectivity index (χ0v) is 12.9. The maximum atomic E-state index is 11.9. The van der Waals surface area contributed by atoms with Gasteiger partial charge in [-0.15, -0.1) is 0 Å². The minimum Gasteiger partial charge on any atom is -0.398 e. The quantitative estimate of drug-likeness (QED) is 0.741. The van der Waals surface area contributed by atoms with Crippen molar-refractivity contribution in [2.24, 2.45) is 0 Å². The SMILES string of the molecule is COCCN(C)CCNC(=O)c1ccc(N)c(Br)c1. The Morgan fingerprint density at radius 2 is 2.21 bits per heavy atom. The van der Waals surface area contributed by atoms with E-state index in [0.29, 0.717) is 24.4 Å². The van der Waals surface area contributed by atoms with E-state index in [0.717, 1.165) is 17.6 Å². The van der Waals surface area contributed by atoms with Gasteiger partial charge in [0.15, 0.2) is 0 Å². The number of ether oxygens (including phenoxy) is 1. The van der Waals surface area contributed by atoms with Crippen LogP contribution in [0, 0.1) is 0 Å². The lowest BCUT2D eigenvalue weighted by molar-refractivity contribution is 0.0947. The summed E-state index contributed by atoms with van der Waals surface area (Å²) in [5.41, 5.74) is 6.90. The van der Waals surface area contributed by atoms with Gasteiger partial charge in [0.05, 0.1) is 6.61 Å². The van der Waals surface area contributed by atoms with Crippen molar-refractivity contribution in [1.82, 2.24) is 10.2 Å². The number of nitrogens with one attached hydrogen (secondary N) is 1. The van der Waals surface area contributed by atoms with Crippen LogP contribution in [0.4, 0.5) is 5.69 Å². The Balaban J connectivity index is 2.37. The second-order valence-corrected chi connectivity index (χ2v) is 5.14. The molecule has 106 valence electrons. The topological polar surface area (TPSA) is 67.6 Å². The average Bonchev–Trinajstić information content (AvgIpc) is 2.39. The molecule has 1 rings (SSSR count). The molecule has 1 aromatic rings.